The molecule has 8 nitrogen and oxygen atoms in total. The zero-order valence-electron chi connectivity index (χ0n) is 17.9. The molecule has 0 amide bonds. The van der Waals surface area contributed by atoms with Gasteiger partial charge in [-0.15, -0.1) is 4.73 Å². The fourth-order valence-corrected chi connectivity index (χ4v) is 3.37. The number of nitrogens with zero attached hydrogens (tertiary/aromatic N) is 3. The predicted octanol–water partition coefficient (Wildman–Crippen LogP) is 3.32. The van der Waals surface area contributed by atoms with Gasteiger partial charge in [0.2, 0.25) is 0 Å². The number of aromatic nitrogens is 3. The monoisotopic (exact) mass is 432 g/mol. The third kappa shape index (κ3) is 4.70. The summed E-state index contributed by atoms with van der Waals surface area (Å²) in [4.78, 5) is 27.4. The third-order valence-corrected chi connectivity index (χ3v) is 4.92. The minimum Gasteiger partial charge on any atom is -0.467 e. The Labute approximate surface area is 185 Å². The number of methoxy groups -OCH3 is 1. The fraction of sp³-hybridized carbons (Fsp3) is 0.208. The molecule has 0 unspecified atom stereocenters. The first-order valence-electron chi connectivity index (χ1n) is 10.2. The van der Waals surface area contributed by atoms with E-state index in [1.54, 1.807) is 7.11 Å². The number of benzene rings is 2. The van der Waals surface area contributed by atoms with E-state index < -0.39 is 0 Å². The summed E-state index contributed by atoms with van der Waals surface area (Å²) in [6.45, 7) is 2.71. The number of aryl methyl sites for hydroxylation is 1. The van der Waals surface area contributed by atoms with E-state index in [1.165, 1.54) is 17.1 Å². The fourth-order valence-electron chi connectivity index (χ4n) is 3.37. The summed E-state index contributed by atoms with van der Waals surface area (Å²) in [6, 6.07) is 18.8. The summed E-state index contributed by atoms with van der Waals surface area (Å²) < 4.78 is 11.9. The van der Waals surface area contributed by atoms with Crippen LogP contribution in [0.4, 0.5) is 5.69 Å². The van der Waals surface area contributed by atoms with E-state index in [4.69, 9.17) is 14.3 Å². The lowest BCUT2D eigenvalue weighted by molar-refractivity contribution is 0.0505. The summed E-state index contributed by atoms with van der Waals surface area (Å²) in [7, 11) is 1.57. The van der Waals surface area contributed by atoms with Crippen molar-refractivity contribution in [3.63, 3.8) is 0 Å². The maximum absolute atomic E-state index is 12.9. The van der Waals surface area contributed by atoms with Crippen LogP contribution >= 0.6 is 0 Å². The highest BCUT2D eigenvalue weighted by molar-refractivity contribution is 5.90. The van der Waals surface area contributed by atoms with E-state index in [9.17, 15) is 4.79 Å². The molecule has 8 heteroatoms. The molecule has 0 bridgehead atoms. The summed E-state index contributed by atoms with van der Waals surface area (Å²) in [5, 5.41) is 4.05. The number of pyridine rings is 1. The number of fused-ring (bicyclic) bond motifs is 1. The maximum Gasteiger partial charge on any atom is 0.287 e. The smallest absolute Gasteiger partial charge is 0.287 e. The van der Waals surface area contributed by atoms with E-state index in [0.717, 1.165) is 22.2 Å². The lowest BCUT2D eigenvalue weighted by atomic mass is 10.1. The Morgan fingerprint density at radius 2 is 1.81 bits per heavy atom. The molecule has 2 aromatic carbocycles. The first-order chi connectivity index (χ1) is 15.7. The van der Waals surface area contributed by atoms with E-state index in [-0.39, 0.29) is 19.0 Å². The van der Waals surface area contributed by atoms with Gasteiger partial charge >= 0.3 is 0 Å². The molecule has 0 saturated heterocycles. The molecule has 0 aliphatic heterocycles. The topological polar surface area (TPSA) is 87.5 Å². The Hall–Kier alpha value is -3.91. The van der Waals surface area contributed by atoms with Crippen LogP contribution in [0, 0.1) is 6.92 Å². The van der Waals surface area contributed by atoms with Gasteiger partial charge in [0.05, 0.1) is 16.8 Å². The van der Waals surface area contributed by atoms with Crippen LogP contribution in [0.2, 0.25) is 0 Å². The molecule has 164 valence electrons. The summed E-state index contributed by atoms with van der Waals surface area (Å²) in [5.41, 5.74) is 3.33. The molecule has 0 spiro atoms. The highest BCUT2D eigenvalue weighted by Crippen LogP contribution is 2.25. The van der Waals surface area contributed by atoms with Crippen molar-refractivity contribution in [3.05, 3.63) is 94.2 Å². The van der Waals surface area contributed by atoms with Gasteiger partial charge in [-0.25, -0.2) is 9.97 Å². The van der Waals surface area contributed by atoms with Gasteiger partial charge in [0.15, 0.2) is 12.4 Å². The van der Waals surface area contributed by atoms with Crippen molar-refractivity contribution < 1.29 is 14.3 Å². The molecule has 0 atom stereocenters. The molecule has 0 aliphatic carbocycles. The summed E-state index contributed by atoms with van der Waals surface area (Å²) in [6.07, 6.45) is 1.43. The van der Waals surface area contributed by atoms with Crippen LogP contribution in [0.3, 0.4) is 0 Å². The maximum atomic E-state index is 12.9. The first-order valence-corrected chi connectivity index (χ1v) is 10.2. The van der Waals surface area contributed by atoms with E-state index >= 15 is 0 Å². The molecule has 2 heterocycles. The van der Waals surface area contributed by atoms with Crippen LogP contribution in [-0.4, -0.2) is 28.6 Å². The Morgan fingerprint density at radius 3 is 2.62 bits per heavy atom. The number of anilines is 1. The molecule has 0 fully saturated rings. The zero-order chi connectivity index (χ0) is 22.3. The molecule has 4 aromatic rings. The Balaban J connectivity index is 1.64. The summed E-state index contributed by atoms with van der Waals surface area (Å²) >= 11 is 0. The lowest BCUT2D eigenvalue weighted by Gasteiger charge is -2.16. The highest BCUT2D eigenvalue weighted by Gasteiger charge is 2.15. The van der Waals surface area contributed by atoms with E-state index in [1.807, 2.05) is 61.5 Å². The van der Waals surface area contributed by atoms with Gasteiger partial charge in [0.25, 0.3) is 5.56 Å². The molecule has 4 rings (SSSR count). The van der Waals surface area contributed by atoms with Gasteiger partial charge in [0, 0.05) is 25.3 Å². The molecule has 32 heavy (non-hydrogen) atoms. The molecule has 0 aliphatic rings. The number of para-hydroxylation sites is 1. The van der Waals surface area contributed by atoms with E-state index in [2.05, 4.69) is 15.3 Å². The third-order valence-electron chi connectivity index (χ3n) is 4.92. The van der Waals surface area contributed by atoms with Crippen LogP contribution in [-0.2, 0) is 17.9 Å². The second-order valence-corrected chi connectivity index (χ2v) is 7.12. The molecule has 0 radical (unpaired) electrons. The van der Waals surface area contributed by atoms with Crippen LogP contribution in [0.15, 0.2) is 71.8 Å². The molecule has 0 saturated carbocycles. The van der Waals surface area contributed by atoms with Crippen LogP contribution in [0.25, 0.3) is 11.0 Å². The Morgan fingerprint density at radius 1 is 1.03 bits per heavy atom. The van der Waals surface area contributed by atoms with Crippen molar-refractivity contribution in [3.8, 4) is 5.75 Å². The van der Waals surface area contributed by atoms with Gasteiger partial charge < -0.3 is 19.6 Å². The number of rotatable bonds is 9. The number of hydrogen-bond acceptors (Lipinski definition) is 7. The van der Waals surface area contributed by atoms with Gasteiger partial charge in [0.1, 0.15) is 18.7 Å². The normalized spacial score (nSPS) is 10.8. The number of nitrogens with one attached hydrogen (secondary N) is 1. The van der Waals surface area contributed by atoms with Crippen molar-refractivity contribution in [1.82, 2.24) is 14.7 Å². The molecular formula is C24H24N4O4. The van der Waals surface area contributed by atoms with Crippen molar-refractivity contribution in [2.45, 2.75) is 20.1 Å². The van der Waals surface area contributed by atoms with Crippen molar-refractivity contribution in [1.29, 1.82) is 0 Å². The van der Waals surface area contributed by atoms with Gasteiger partial charge in [-0.1, -0.05) is 48.5 Å². The van der Waals surface area contributed by atoms with Crippen LogP contribution in [0.1, 0.15) is 16.8 Å². The first kappa shape index (κ1) is 21.3. The van der Waals surface area contributed by atoms with Gasteiger partial charge in [-0.2, -0.15) is 0 Å². The Bertz CT molecular complexity index is 1260. The predicted molar refractivity (Wildman–Crippen MR) is 122 cm³/mol. The van der Waals surface area contributed by atoms with E-state index in [0.29, 0.717) is 23.6 Å². The minimum atomic E-state index is -0.321. The molecule has 1 N–H and O–H groups in total. The summed E-state index contributed by atoms with van der Waals surface area (Å²) in [5.74, 6) is 0.707. The van der Waals surface area contributed by atoms with Crippen molar-refractivity contribution in [2.75, 3.05) is 19.2 Å². The Kier molecular flexibility index (Phi) is 6.62. The zero-order valence-corrected chi connectivity index (χ0v) is 17.9. The number of ether oxygens (including phenoxy) is 2. The average molecular weight is 432 g/mol. The second-order valence-electron chi connectivity index (χ2n) is 7.12. The standard InChI is InChI=1S/C24H24N4O4/c1-17-23-20(25-13-19-10-6-7-11-21(19)31-16-30-2)12-22(29)28(24(23)27-15-26-17)32-14-18-8-4-3-5-9-18/h3-12,15,25H,13-14,16H2,1-2H3. The van der Waals surface area contributed by atoms with Gasteiger partial charge in [-0.3, -0.25) is 4.79 Å². The van der Waals surface area contributed by atoms with Crippen molar-refractivity contribution >= 4 is 16.7 Å². The largest absolute Gasteiger partial charge is 0.467 e. The molecule has 2 aromatic heterocycles. The lowest BCUT2D eigenvalue weighted by Crippen LogP contribution is -2.28. The number of hydrogen-bond donors (Lipinski definition) is 1. The second kappa shape index (κ2) is 9.93. The molecular weight excluding hydrogens is 408 g/mol. The van der Waals surface area contributed by atoms with Crippen LogP contribution in [0.5, 0.6) is 5.75 Å². The van der Waals surface area contributed by atoms with Crippen molar-refractivity contribution in [2.24, 2.45) is 0 Å². The van der Waals surface area contributed by atoms with Crippen LogP contribution < -0.4 is 20.5 Å². The van der Waals surface area contributed by atoms with Gasteiger partial charge in [-0.05, 0) is 18.6 Å². The minimum absolute atomic E-state index is 0.154. The SMILES string of the molecule is COCOc1ccccc1CNc1cc(=O)n(OCc2ccccc2)c2ncnc(C)c12. The highest BCUT2D eigenvalue weighted by atomic mass is 16.7. The average Bonchev–Trinajstić information content (AvgIpc) is 2.82. The quantitative estimate of drug-likeness (QED) is 0.406.